The average molecular weight is 203 g/mol. The fraction of sp³-hybridized carbons (Fsp3) is 0.750. The van der Waals surface area contributed by atoms with E-state index in [-0.39, 0.29) is 24.7 Å². The molecule has 0 aromatic heterocycles. The summed E-state index contributed by atoms with van der Waals surface area (Å²) >= 11 is 0. The highest BCUT2D eigenvalue weighted by atomic mass is 32.2. The van der Waals surface area contributed by atoms with Gasteiger partial charge in [-0.3, -0.25) is 13.8 Å². The van der Waals surface area contributed by atoms with E-state index in [1.807, 2.05) is 0 Å². The molecular formula is C8H13NO3S. The molecule has 1 fully saturated rings. The Labute approximate surface area is 79.7 Å². The van der Waals surface area contributed by atoms with Crippen molar-refractivity contribution >= 4 is 22.5 Å². The number of hydrogen-bond donors (Lipinski definition) is 0. The molecule has 1 aliphatic heterocycles. The molecule has 0 spiro atoms. The van der Waals surface area contributed by atoms with E-state index < -0.39 is 10.8 Å². The van der Waals surface area contributed by atoms with Crippen LogP contribution in [0.5, 0.6) is 0 Å². The molecule has 1 saturated heterocycles. The van der Waals surface area contributed by atoms with Gasteiger partial charge in [0.1, 0.15) is 0 Å². The van der Waals surface area contributed by atoms with Gasteiger partial charge in [0.25, 0.3) is 0 Å². The fourth-order valence-corrected chi connectivity index (χ4v) is 1.84. The Kier molecular flexibility index (Phi) is 3.59. The summed E-state index contributed by atoms with van der Waals surface area (Å²) in [7, 11) is -0.808. The zero-order valence-corrected chi connectivity index (χ0v) is 8.43. The SMILES string of the molecule is CS(=O)CCCN1CC(=O)CC1=O. The summed E-state index contributed by atoms with van der Waals surface area (Å²) in [6, 6.07) is 0. The van der Waals surface area contributed by atoms with Crippen molar-refractivity contribution in [2.75, 3.05) is 25.1 Å². The number of hydrogen-bond acceptors (Lipinski definition) is 3. The third kappa shape index (κ3) is 3.26. The van der Waals surface area contributed by atoms with Gasteiger partial charge in [0.05, 0.1) is 13.0 Å². The van der Waals surface area contributed by atoms with Crippen LogP contribution < -0.4 is 0 Å². The highest BCUT2D eigenvalue weighted by molar-refractivity contribution is 7.84. The Morgan fingerprint density at radius 1 is 1.46 bits per heavy atom. The average Bonchev–Trinajstić information content (AvgIpc) is 2.29. The minimum absolute atomic E-state index is 0.0115. The first-order valence-corrected chi connectivity index (χ1v) is 5.92. The summed E-state index contributed by atoms with van der Waals surface area (Å²) in [5.41, 5.74) is 0. The molecular weight excluding hydrogens is 190 g/mol. The minimum atomic E-state index is -0.808. The second-order valence-corrected chi connectivity index (χ2v) is 4.72. The highest BCUT2D eigenvalue weighted by Gasteiger charge is 2.26. The van der Waals surface area contributed by atoms with Crippen LogP contribution in [0.1, 0.15) is 12.8 Å². The summed E-state index contributed by atoms with van der Waals surface area (Å²) < 4.78 is 10.7. The lowest BCUT2D eigenvalue weighted by Gasteiger charge is -2.13. The predicted octanol–water partition coefficient (Wildman–Crippen LogP) is -0.444. The molecule has 1 amide bonds. The lowest BCUT2D eigenvalue weighted by Crippen LogP contribution is -2.27. The van der Waals surface area contributed by atoms with Crippen LogP contribution in [-0.2, 0) is 20.4 Å². The third-order valence-electron chi connectivity index (χ3n) is 1.93. The lowest BCUT2D eigenvalue weighted by molar-refractivity contribution is -0.127. The van der Waals surface area contributed by atoms with E-state index in [2.05, 4.69) is 0 Å². The minimum Gasteiger partial charge on any atom is -0.335 e. The quantitative estimate of drug-likeness (QED) is 0.582. The van der Waals surface area contributed by atoms with E-state index >= 15 is 0 Å². The first-order chi connectivity index (χ1) is 6.09. The van der Waals surface area contributed by atoms with Crippen LogP contribution in [0.25, 0.3) is 0 Å². The van der Waals surface area contributed by atoms with Crippen LogP contribution in [0.4, 0.5) is 0 Å². The molecule has 1 rings (SSSR count). The zero-order chi connectivity index (χ0) is 9.84. The normalized spacial score (nSPS) is 19.6. The van der Waals surface area contributed by atoms with Crippen molar-refractivity contribution in [1.82, 2.24) is 4.90 Å². The molecule has 0 saturated carbocycles. The maximum Gasteiger partial charge on any atom is 0.230 e. The van der Waals surface area contributed by atoms with E-state index in [1.165, 1.54) is 4.90 Å². The molecule has 1 aliphatic rings. The Hall–Kier alpha value is -0.710. The van der Waals surface area contributed by atoms with E-state index in [4.69, 9.17) is 0 Å². The molecule has 0 aromatic rings. The molecule has 1 unspecified atom stereocenters. The van der Waals surface area contributed by atoms with Crippen LogP contribution in [-0.4, -0.2) is 45.9 Å². The number of carbonyl (C=O) groups is 2. The van der Waals surface area contributed by atoms with E-state index in [0.29, 0.717) is 18.7 Å². The maximum atomic E-state index is 11.1. The topological polar surface area (TPSA) is 54.5 Å². The number of ketones is 1. The Morgan fingerprint density at radius 2 is 2.15 bits per heavy atom. The number of Topliss-reactive ketones (excluding diaryl/α,β-unsaturated/α-hetero) is 1. The van der Waals surface area contributed by atoms with Crippen LogP contribution in [0.3, 0.4) is 0 Å². The molecule has 5 heteroatoms. The second kappa shape index (κ2) is 4.50. The maximum absolute atomic E-state index is 11.1. The fourth-order valence-electron chi connectivity index (χ4n) is 1.30. The molecule has 4 nitrogen and oxygen atoms in total. The number of amides is 1. The van der Waals surface area contributed by atoms with Crippen molar-refractivity contribution in [3.05, 3.63) is 0 Å². The lowest BCUT2D eigenvalue weighted by atomic mass is 10.3. The molecule has 0 radical (unpaired) electrons. The van der Waals surface area contributed by atoms with Crippen LogP contribution in [0.2, 0.25) is 0 Å². The summed E-state index contributed by atoms with van der Waals surface area (Å²) in [6.45, 7) is 0.805. The van der Waals surface area contributed by atoms with Crippen molar-refractivity contribution in [1.29, 1.82) is 0 Å². The van der Waals surface area contributed by atoms with Gasteiger partial charge < -0.3 is 4.90 Å². The zero-order valence-electron chi connectivity index (χ0n) is 7.62. The van der Waals surface area contributed by atoms with Gasteiger partial charge in [-0.2, -0.15) is 0 Å². The molecule has 13 heavy (non-hydrogen) atoms. The molecule has 0 N–H and O–H groups in total. The highest BCUT2D eigenvalue weighted by Crippen LogP contribution is 2.06. The summed E-state index contributed by atoms with van der Waals surface area (Å²) in [4.78, 5) is 23.5. The standard InChI is InChI=1S/C8H13NO3S/c1-13(12)4-2-3-9-6-7(10)5-8(9)11/h2-6H2,1H3. The number of rotatable bonds is 4. The molecule has 0 bridgehead atoms. The molecule has 0 aromatic carbocycles. The van der Waals surface area contributed by atoms with Crippen molar-refractivity contribution < 1.29 is 13.8 Å². The van der Waals surface area contributed by atoms with Crippen LogP contribution >= 0.6 is 0 Å². The number of likely N-dealkylation sites (tertiary alicyclic amines) is 1. The summed E-state index contributed by atoms with van der Waals surface area (Å²) in [5.74, 6) is 0.493. The van der Waals surface area contributed by atoms with Gasteiger partial charge in [-0.1, -0.05) is 0 Å². The van der Waals surface area contributed by atoms with Crippen molar-refractivity contribution in [3.63, 3.8) is 0 Å². The predicted molar refractivity (Wildman–Crippen MR) is 49.8 cm³/mol. The van der Waals surface area contributed by atoms with Gasteiger partial charge in [-0.15, -0.1) is 0 Å². The Balaban J connectivity index is 2.26. The van der Waals surface area contributed by atoms with Gasteiger partial charge in [0.2, 0.25) is 5.91 Å². The Morgan fingerprint density at radius 3 is 2.62 bits per heavy atom. The number of nitrogens with zero attached hydrogens (tertiary/aromatic N) is 1. The first-order valence-electron chi connectivity index (χ1n) is 4.19. The largest absolute Gasteiger partial charge is 0.335 e. The van der Waals surface area contributed by atoms with Gasteiger partial charge in [-0.05, 0) is 6.42 Å². The Bertz CT molecular complexity index is 252. The molecule has 74 valence electrons. The van der Waals surface area contributed by atoms with E-state index in [0.717, 1.165) is 0 Å². The van der Waals surface area contributed by atoms with Crippen LogP contribution in [0, 0.1) is 0 Å². The molecule has 1 heterocycles. The third-order valence-corrected chi connectivity index (χ3v) is 2.79. The van der Waals surface area contributed by atoms with E-state index in [1.54, 1.807) is 6.26 Å². The molecule has 1 atom stereocenters. The summed E-state index contributed by atoms with van der Waals surface area (Å²) in [5, 5.41) is 0. The first kappa shape index (κ1) is 10.4. The number of carbonyl (C=O) groups excluding carboxylic acids is 2. The van der Waals surface area contributed by atoms with Gasteiger partial charge in [0, 0.05) is 29.4 Å². The van der Waals surface area contributed by atoms with Crippen molar-refractivity contribution in [2.45, 2.75) is 12.8 Å². The second-order valence-electron chi connectivity index (χ2n) is 3.16. The van der Waals surface area contributed by atoms with Crippen molar-refractivity contribution in [2.24, 2.45) is 0 Å². The van der Waals surface area contributed by atoms with Crippen LogP contribution in [0.15, 0.2) is 0 Å². The van der Waals surface area contributed by atoms with E-state index in [9.17, 15) is 13.8 Å². The van der Waals surface area contributed by atoms with Crippen molar-refractivity contribution in [3.8, 4) is 0 Å². The van der Waals surface area contributed by atoms with Gasteiger partial charge in [0.15, 0.2) is 5.78 Å². The monoisotopic (exact) mass is 203 g/mol. The van der Waals surface area contributed by atoms with Gasteiger partial charge >= 0.3 is 0 Å². The smallest absolute Gasteiger partial charge is 0.230 e. The summed E-state index contributed by atoms with van der Waals surface area (Å²) in [6.07, 6.45) is 2.40. The van der Waals surface area contributed by atoms with Gasteiger partial charge in [-0.25, -0.2) is 0 Å². The molecule has 0 aliphatic carbocycles.